The molecule has 1 atom stereocenters. The fourth-order valence-electron chi connectivity index (χ4n) is 2.88. The third-order valence-corrected chi connectivity index (χ3v) is 4.40. The van der Waals surface area contributed by atoms with Crippen molar-refractivity contribution < 1.29 is 8.83 Å². The van der Waals surface area contributed by atoms with Crippen molar-refractivity contribution in [2.45, 2.75) is 33.4 Å². The Hall–Kier alpha value is -2.53. The summed E-state index contributed by atoms with van der Waals surface area (Å²) >= 11 is 5.70. The molecule has 0 fully saturated rings. The minimum atomic E-state index is -0.0222. The number of anilines is 1. The minimum Gasteiger partial charge on any atom is -0.467 e. The zero-order valence-corrected chi connectivity index (χ0v) is 15.5. The molecule has 0 unspecified atom stereocenters. The highest BCUT2D eigenvalue weighted by Crippen LogP contribution is 2.25. The average molecular weight is 354 g/mol. The summed E-state index contributed by atoms with van der Waals surface area (Å²) in [7, 11) is 0. The Labute approximate surface area is 153 Å². The molecule has 1 N–H and O–H groups in total. The van der Waals surface area contributed by atoms with E-state index in [1.165, 1.54) is 11.1 Å². The lowest BCUT2D eigenvalue weighted by molar-refractivity contribution is 0.269. The molecular formula is C20H22N2O2S. The van der Waals surface area contributed by atoms with E-state index in [1.807, 2.05) is 24.3 Å². The molecule has 3 aromatic rings. The second-order valence-corrected chi connectivity index (χ2v) is 6.59. The summed E-state index contributed by atoms with van der Waals surface area (Å²) in [5.74, 6) is 1.71. The molecule has 1 aromatic carbocycles. The maximum atomic E-state index is 5.70. The second kappa shape index (κ2) is 7.57. The normalized spacial score (nSPS) is 12.0. The molecule has 2 heterocycles. The van der Waals surface area contributed by atoms with Gasteiger partial charge in [0.1, 0.15) is 11.5 Å². The molecule has 0 aliphatic carbocycles. The highest BCUT2D eigenvalue weighted by atomic mass is 32.1. The molecule has 0 saturated heterocycles. The molecule has 0 aliphatic rings. The summed E-state index contributed by atoms with van der Waals surface area (Å²) in [5.41, 5.74) is 3.38. The van der Waals surface area contributed by atoms with E-state index in [-0.39, 0.29) is 6.04 Å². The lowest BCUT2D eigenvalue weighted by Crippen LogP contribution is -2.36. The van der Waals surface area contributed by atoms with E-state index in [2.05, 4.69) is 49.2 Å². The highest BCUT2D eigenvalue weighted by Gasteiger charge is 2.22. The Kier molecular flexibility index (Phi) is 5.24. The number of thiocarbonyl (C=S) groups is 1. The molecule has 0 aliphatic heterocycles. The Balaban J connectivity index is 1.83. The fraction of sp³-hybridized carbons (Fsp3) is 0.250. The smallest absolute Gasteiger partial charge is 0.174 e. The number of nitrogens with one attached hydrogen (secondary N) is 1. The van der Waals surface area contributed by atoms with E-state index in [0.29, 0.717) is 11.7 Å². The van der Waals surface area contributed by atoms with Crippen LogP contribution in [-0.2, 0) is 6.54 Å². The number of furan rings is 2. The largest absolute Gasteiger partial charge is 0.467 e. The van der Waals surface area contributed by atoms with Gasteiger partial charge in [0.15, 0.2) is 5.11 Å². The van der Waals surface area contributed by atoms with Crippen LogP contribution in [0, 0.1) is 13.8 Å². The van der Waals surface area contributed by atoms with Crippen LogP contribution in [0.2, 0.25) is 0 Å². The SMILES string of the molecule is Cc1cc(C)cc(NC(=S)N(Cc2ccco2)[C@H](C)c2ccco2)c1. The highest BCUT2D eigenvalue weighted by molar-refractivity contribution is 7.80. The van der Waals surface area contributed by atoms with Crippen LogP contribution < -0.4 is 5.32 Å². The van der Waals surface area contributed by atoms with Gasteiger partial charge in [-0.15, -0.1) is 0 Å². The minimum absolute atomic E-state index is 0.0222. The van der Waals surface area contributed by atoms with Crippen LogP contribution in [0.3, 0.4) is 0 Å². The molecule has 0 saturated carbocycles. The quantitative estimate of drug-likeness (QED) is 0.617. The first-order valence-electron chi connectivity index (χ1n) is 8.24. The summed E-state index contributed by atoms with van der Waals surface area (Å²) in [6.45, 7) is 6.78. The molecule has 3 rings (SSSR count). The predicted octanol–water partition coefficient (Wildman–Crippen LogP) is 5.45. The van der Waals surface area contributed by atoms with Gasteiger partial charge in [-0.25, -0.2) is 0 Å². The molecule has 4 nitrogen and oxygen atoms in total. The van der Waals surface area contributed by atoms with Gasteiger partial charge in [0, 0.05) is 5.69 Å². The molecule has 5 heteroatoms. The maximum Gasteiger partial charge on any atom is 0.174 e. The summed E-state index contributed by atoms with van der Waals surface area (Å²) in [4.78, 5) is 2.06. The number of hydrogen-bond acceptors (Lipinski definition) is 3. The summed E-state index contributed by atoms with van der Waals surface area (Å²) < 4.78 is 11.1. The Morgan fingerprint density at radius 2 is 1.76 bits per heavy atom. The van der Waals surface area contributed by atoms with Gasteiger partial charge in [-0.1, -0.05) is 6.07 Å². The van der Waals surface area contributed by atoms with Crippen LogP contribution in [0.4, 0.5) is 5.69 Å². The van der Waals surface area contributed by atoms with Crippen molar-refractivity contribution in [1.82, 2.24) is 4.90 Å². The van der Waals surface area contributed by atoms with Gasteiger partial charge in [-0.3, -0.25) is 0 Å². The molecular weight excluding hydrogens is 332 g/mol. The summed E-state index contributed by atoms with van der Waals surface area (Å²) in [6, 6.07) is 14.0. The zero-order valence-electron chi connectivity index (χ0n) is 14.7. The van der Waals surface area contributed by atoms with E-state index in [4.69, 9.17) is 21.1 Å². The number of benzene rings is 1. The number of rotatable bonds is 5. The van der Waals surface area contributed by atoms with Crippen molar-refractivity contribution in [3.05, 3.63) is 77.6 Å². The first kappa shape index (κ1) is 17.3. The first-order valence-corrected chi connectivity index (χ1v) is 8.65. The first-order chi connectivity index (χ1) is 12.0. The van der Waals surface area contributed by atoms with Crippen molar-refractivity contribution >= 4 is 23.0 Å². The Morgan fingerprint density at radius 1 is 1.08 bits per heavy atom. The van der Waals surface area contributed by atoms with Gasteiger partial charge >= 0.3 is 0 Å². The zero-order chi connectivity index (χ0) is 17.8. The molecule has 0 radical (unpaired) electrons. The lowest BCUT2D eigenvalue weighted by Gasteiger charge is -2.30. The van der Waals surface area contributed by atoms with Gasteiger partial charge in [0.2, 0.25) is 0 Å². The van der Waals surface area contributed by atoms with Crippen molar-refractivity contribution in [3.8, 4) is 0 Å². The van der Waals surface area contributed by atoms with E-state index in [1.54, 1.807) is 12.5 Å². The average Bonchev–Trinajstić information content (AvgIpc) is 3.24. The third-order valence-electron chi connectivity index (χ3n) is 4.06. The summed E-state index contributed by atoms with van der Waals surface area (Å²) in [6.07, 6.45) is 3.35. The molecule has 0 bridgehead atoms. The number of nitrogens with zero attached hydrogens (tertiary/aromatic N) is 1. The van der Waals surface area contributed by atoms with Crippen LogP contribution >= 0.6 is 12.2 Å². The van der Waals surface area contributed by atoms with Crippen LogP contribution in [-0.4, -0.2) is 10.0 Å². The van der Waals surface area contributed by atoms with Crippen LogP contribution in [0.5, 0.6) is 0 Å². The molecule has 0 spiro atoms. The van der Waals surface area contributed by atoms with Gasteiger partial charge < -0.3 is 19.1 Å². The second-order valence-electron chi connectivity index (χ2n) is 6.21. The van der Waals surface area contributed by atoms with Crippen molar-refractivity contribution in [1.29, 1.82) is 0 Å². The topological polar surface area (TPSA) is 41.5 Å². The van der Waals surface area contributed by atoms with E-state index < -0.39 is 0 Å². The van der Waals surface area contributed by atoms with Crippen molar-refractivity contribution in [2.24, 2.45) is 0 Å². The van der Waals surface area contributed by atoms with Crippen molar-refractivity contribution in [2.75, 3.05) is 5.32 Å². The third kappa shape index (κ3) is 4.31. The standard InChI is InChI=1S/C20H22N2O2S/c1-14-10-15(2)12-17(11-14)21-20(25)22(13-18-6-4-8-23-18)16(3)19-7-5-9-24-19/h4-12,16H,13H2,1-3H3,(H,21,25)/t16-/m1/s1. The molecule has 2 aromatic heterocycles. The Bertz CT molecular complexity index is 805. The van der Waals surface area contributed by atoms with Crippen LogP contribution in [0.25, 0.3) is 0 Å². The maximum absolute atomic E-state index is 5.70. The van der Waals surface area contributed by atoms with E-state index in [0.717, 1.165) is 17.2 Å². The number of aryl methyl sites for hydroxylation is 2. The molecule has 25 heavy (non-hydrogen) atoms. The van der Waals surface area contributed by atoms with Crippen molar-refractivity contribution in [3.63, 3.8) is 0 Å². The van der Waals surface area contributed by atoms with Gasteiger partial charge in [-0.05, 0) is 80.5 Å². The van der Waals surface area contributed by atoms with Gasteiger partial charge in [0.05, 0.1) is 25.1 Å². The number of hydrogen-bond donors (Lipinski definition) is 1. The predicted molar refractivity (Wildman–Crippen MR) is 104 cm³/mol. The lowest BCUT2D eigenvalue weighted by atomic mass is 10.1. The van der Waals surface area contributed by atoms with E-state index >= 15 is 0 Å². The van der Waals surface area contributed by atoms with E-state index in [9.17, 15) is 0 Å². The van der Waals surface area contributed by atoms with Gasteiger partial charge in [0.25, 0.3) is 0 Å². The molecule has 0 amide bonds. The Morgan fingerprint density at radius 3 is 2.36 bits per heavy atom. The fourth-order valence-corrected chi connectivity index (χ4v) is 3.22. The monoisotopic (exact) mass is 354 g/mol. The van der Waals surface area contributed by atoms with Gasteiger partial charge in [-0.2, -0.15) is 0 Å². The van der Waals surface area contributed by atoms with Crippen LogP contribution in [0.15, 0.2) is 63.8 Å². The van der Waals surface area contributed by atoms with Crippen LogP contribution in [0.1, 0.15) is 35.6 Å². The summed E-state index contributed by atoms with van der Waals surface area (Å²) in [5, 5.41) is 3.98. The molecule has 130 valence electrons.